The molecule has 6 nitrogen and oxygen atoms in total. The van der Waals surface area contributed by atoms with E-state index in [-0.39, 0.29) is 11.8 Å². The molecule has 2 heterocycles. The van der Waals surface area contributed by atoms with Gasteiger partial charge < -0.3 is 20.4 Å². The van der Waals surface area contributed by atoms with E-state index in [1.807, 2.05) is 0 Å². The number of carbonyl (C=O) groups is 1. The third kappa shape index (κ3) is 2.64. The van der Waals surface area contributed by atoms with Crippen molar-refractivity contribution in [2.24, 2.45) is 0 Å². The molecule has 2 rings (SSSR count). The maximum Gasteiger partial charge on any atom is 0.407 e. The van der Waals surface area contributed by atoms with Gasteiger partial charge in [-0.05, 0) is 31.4 Å². The molecule has 0 aliphatic carbocycles. The second kappa shape index (κ2) is 5.12. The molecule has 1 amide bonds. The highest BCUT2D eigenvalue weighted by Gasteiger charge is 2.23. The number of rotatable bonds is 2. The van der Waals surface area contributed by atoms with Gasteiger partial charge in [-0.25, -0.2) is 9.78 Å². The SMILES string of the molecule is Cc1ccnc(N[C@@H]2CCCN(C(=O)O)C2)c1O. The number of anilines is 1. The van der Waals surface area contributed by atoms with Crippen molar-refractivity contribution in [2.75, 3.05) is 18.4 Å². The molecule has 1 aliphatic rings. The fourth-order valence-corrected chi connectivity index (χ4v) is 2.12. The molecule has 1 atom stereocenters. The van der Waals surface area contributed by atoms with Crippen LogP contribution in [0.25, 0.3) is 0 Å². The first-order valence-corrected chi connectivity index (χ1v) is 5.97. The Labute approximate surface area is 105 Å². The van der Waals surface area contributed by atoms with Gasteiger partial charge in [0.15, 0.2) is 11.6 Å². The van der Waals surface area contributed by atoms with Crippen LogP contribution in [0.15, 0.2) is 12.3 Å². The molecule has 0 spiro atoms. The minimum atomic E-state index is -0.900. The van der Waals surface area contributed by atoms with Crippen LogP contribution in [-0.4, -0.2) is 45.3 Å². The van der Waals surface area contributed by atoms with Gasteiger partial charge in [0.25, 0.3) is 0 Å². The van der Waals surface area contributed by atoms with Gasteiger partial charge in [0.05, 0.1) is 0 Å². The maximum absolute atomic E-state index is 10.9. The summed E-state index contributed by atoms with van der Waals surface area (Å²) in [7, 11) is 0. The Morgan fingerprint density at radius 3 is 3.11 bits per heavy atom. The molecular formula is C12H17N3O3. The number of amides is 1. The van der Waals surface area contributed by atoms with Gasteiger partial charge in [-0.1, -0.05) is 0 Å². The van der Waals surface area contributed by atoms with Crippen LogP contribution < -0.4 is 5.32 Å². The van der Waals surface area contributed by atoms with Crippen molar-refractivity contribution in [2.45, 2.75) is 25.8 Å². The van der Waals surface area contributed by atoms with Crippen molar-refractivity contribution in [3.05, 3.63) is 17.8 Å². The third-order valence-electron chi connectivity index (χ3n) is 3.16. The predicted octanol–water partition coefficient (Wildman–Crippen LogP) is 1.65. The second-order valence-electron chi connectivity index (χ2n) is 4.54. The van der Waals surface area contributed by atoms with Crippen molar-refractivity contribution < 1.29 is 15.0 Å². The summed E-state index contributed by atoms with van der Waals surface area (Å²) in [5.41, 5.74) is 0.749. The highest BCUT2D eigenvalue weighted by Crippen LogP contribution is 2.26. The lowest BCUT2D eigenvalue weighted by atomic mass is 10.1. The van der Waals surface area contributed by atoms with Gasteiger partial charge in [0.1, 0.15) is 0 Å². The van der Waals surface area contributed by atoms with Crippen molar-refractivity contribution in [1.82, 2.24) is 9.88 Å². The molecule has 0 saturated carbocycles. The van der Waals surface area contributed by atoms with E-state index < -0.39 is 6.09 Å². The molecule has 3 N–H and O–H groups in total. The number of hydrogen-bond acceptors (Lipinski definition) is 4. The zero-order valence-corrected chi connectivity index (χ0v) is 10.3. The normalized spacial score (nSPS) is 19.6. The van der Waals surface area contributed by atoms with E-state index in [4.69, 9.17) is 5.11 Å². The number of aromatic hydroxyl groups is 1. The summed E-state index contributed by atoms with van der Waals surface area (Å²) in [5, 5.41) is 21.9. The first kappa shape index (κ1) is 12.5. The molecule has 1 saturated heterocycles. The Kier molecular flexibility index (Phi) is 3.55. The van der Waals surface area contributed by atoms with Crippen LogP contribution in [0.5, 0.6) is 5.75 Å². The first-order valence-electron chi connectivity index (χ1n) is 5.97. The molecule has 6 heteroatoms. The van der Waals surface area contributed by atoms with Crippen LogP contribution in [0.4, 0.5) is 10.6 Å². The van der Waals surface area contributed by atoms with Crippen LogP contribution in [0.3, 0.4) is 0 Å². The summed E-state index contributed by atoms with van der Waals surface area (Å²) in [5.74, 6) is 0.553. The summed E-state index contributed by atoms with van der Waals surface area (Å²) in [6, 6.07) is 1.72. The van der Waals surface area contributed by atoms with Crippen molar-refractivity contribution in [3.63, 3.8) is 0 Å². The van der Waals surface area contributed by atoms with Crippen LogP contribution in [-0.2, 0) is 0 Å². The lowest BCUT2D eigenvalue weighted by Gasteiger charge is -2.31. The molecule has 1 aromatic rings. The largest absolute Gasteiger partial charge is 0.504 e. The van der Waals surface area contributed by atoms with Crippen LogP contribution >= 0.6 is 0 Å². The number of nitrogens with one attached hydrogen (secondary N) is 1. The number of aryl methyl sites for hydroxylation is 1. The quantitative estimate of drug-likeness (QED) is 0.744. The average molecular weight is 251 g/mol. The van der Waals surface area contributed by atoms with Gasteiger partial charge in [-0.2, -0.15) is 0 Å². The van der Waals surface area contributed by atoms with E-state index >= 15 is 0 Å². The van der Waals surface area contributed by atoms with Gasteiger partial charge >= 0.3 is 6.09 Å². The minimum Gasteiger partial charge on any atom is -0.504 e. The van der Waals surface area contributed by atoms with E-state index in [0.717, 1.165) is 18.4 Å². The summed E-state index contributed by atoms with van der Waals surface area (Å²) in [4.78, 5) is 16.4. The van der Waals surface area contributed by atoms with Gasteiger partial charge in [0, 0.05) is 25.3 Å². The fourth-order valence-electron chi connectivity index (χ4n) is 2.12. The molecule has 0 radical (unpaired) electrons. The molecule has 0 bridgehead atoms. The summed E-state index contributed by atoms with van der Waals surface area (Å²) in [6.45, 7) is 2.79. The molecule has 0 aromatic carbocycles. The Hall–Kier alpha value is -1.98. The van der Waals surface area contributed by atoms with Gasteiger partial charge in [0.2, 0.25) is 0 Å². The van der Waals surface area contributed by atoms with Crippen molar-refractivity contribution in [3.8, 4) is 5.75 Å². The lowest BCUT2D eigenvalue weighted by Crippen LogP contribution is -2.44. The van der Waals surface area contributed by atoms with Crippen molar-refractivity contribution >= 4 is 11.9 Å². The van der Waals surface area contributed by atoms with Crippen LogP contribution in [0.2, 0.25) is 0 Å². The molecule has 98 valence electrons. The number of hydrogen-bond donors (Lipinski definition) is 3. The zero-order valence-electron chi connectivity index (χ0n) is 10.3. The number of nitrogens with zero attached hydrogens (tertiary/aromatic N) is 2. The smallest absolute Gasteiger partial charge is 0.407 e. The van der Waals surface area contributed by atoms with Crippen LogP contribution in [0.1, 0.15) is 18.4 Å². The molecule has 1 aliphatic heterocycles. The summed E-state index contributed by atoms with van der Waals surface area (Å²) in [6.07, 6.45) is 2.41. The average Bonchev–Trinajstić information content (AvgIpc) is 2.35. The summed E-state index contributed by atoms with van der Waals surface area (Å²) < 4.78 is 0. The first-order chi connectivity index (χ1) is 8.58. The van der Waals surface area contributed by atoms with Gasteiger partial charge in [-0.15, -0.1) is 0 Å². The highest BCUT2D eigenvalue weighted by atomic mass is 16.4. The molecule has 18 heavy (non-hydrogen) atoms. The van der Waals surface area contributed by atoms with Gasteiger partial charge in [-0.3, -0.25) is 0 Å². The maximum atomic E-state index is 10.9. The Bertz CT molecular complexity index is 450. The van der Waals surface area contributed by atoms with E-state index in [9.17, 15) is 9.90 Å². The number of piperidine rings is 1. The number of aromatic nitrogens is 1. The molecule has 1 aromatic heterocycles. The second-order valence-corrected chi connectivity index (χ2v) is 4.54. The Morgan fingerprint density at radius 1 is 1.61 bits per heavy atom. The molecule has 0 unspecified atom stereocenters. The standard InChI is InChI=1S/C12H17N3O3/c1-8-4-5-13-11(10(8)16)14-9-3-2-6-15(7-9)12(17)18/h4-5,9,16H,2-3,6-7H2,1H3,(H,13,14)(H,17,18)/t9-/m1/s1. The highest BCUT2D eigenvalue weighted by molar-refractivity contribution is 5.65. The lowest BCUT2D eigenvalue weighted by molar-refractivity contribution is 0.132. The zero-order chi connectivity index (χ0) is 13.1. The molecular weight excluding hydrogens is 234 g/mol. The van der Waals surface area contributed by atoms with E-state index in [1.54, 1.807) is 19.2 Å². The topological polar surface area (TPSA) is 85.7 Å². The monoisotopic (exact) mass is 251 g/mol. The number of pyridine rings is 1. The third-order valence-corrected chi connectivity index (χ3v) is 3.16. The minimum absolute atomic E-state index is 0.00458. The van der Waals surface area contributed by atoms with E-state index in [1.165, 1.54) is 4.90 Å². The van der Waals surface area contributed by atoms with Crippen LogP contribution in [0, 0.1) is 6.92 Å². The number of carboxylic acid groups (broad SMARTS) is 1. The predicted molar refractivity (Wildman–Crippen MR) is 66.9 cm³/mol. The van der Waals surface area contributed by atoms with E-state index in [0.29, 0.717) is 18.9 Å². The summed E-state index contributed by atoms with van der Waals surface area (Å²) >= 11 is 0. The van der Waals surface area contributed by atoms with Crippen molar-refractivity contribution in [1.29, 1.82) is 0 Å². The Morgan fingerprint density at radius 2 is 2.39 bits per heavy atom. The number of likely N-dealkylation sites (tertiary alicyclic amines) is 1. The Balaban J connectivity index is 2.05. The molecule has 1 fully saturated rings. The van der Waals surface area contributed by atoms with E-state index in [2.05, 4.69) is 10.3 Å². The fraction of sp³-hybridized carbons (Fsp3) is 0.500.